The largest absolute Gasteiger partial charge is 0.379 e. The summed E-state index contributed by atoms with van der Waals surface area (Å²) in [6.45, 7) is 6.90. The van der Waals surface area contributed by atoms with Crippen LogP contribution in [-0.2, 0) is 11.3 Å². The lowest BCUT2D eigenvalue weighted by atomic mass is 9.95. The van der Waals surface area contributed by atoms with Gasteiger partial charge in [-0.25, -0.2) is 0 Å². The molecule has 0 spiro atoms. The van der Waals surface area contributed by atoms with Gasteiger partial charge in [0.2, 0.25) is 0 Å². The van der Waals surface area contributed by atoms with Gasteiger partial charge in [0.1, 0.15) is 4.83 Å². The zero-order chi connectivity index (χ0) is 21.3. The van der Waals surface area contributed by atoms with Crippen LogP contribution in [-0.4, -0.2) is 70.5 Å². The number of thioether (sulfide) groups is 1. The number of ether oxygens (including phenoxy) is 1. The maximum absolute atomic E-state index is 13.1. The molecule has 0 radical (unpaired) electrons. The van der Waals surface area contributed by atoms with E-state index in [0.29, 0.717) is 13.1 Å². The van der Waals surface area contributed by atoms with Gasteiger partial charge >= 0.3 is 0 Å². The number of fused-ring (bicyclic) bond motifs is 1. The summed E-state index contributed by atoms with van der Waals surface area (Å²) in [4.78, 5) is 17.5. The fourth-order valence-corrected chi connectivity index (χ4v) is 7.11. The topological polar surface area (TPSA) is 59.4 Å². The van der Waals surface area contributed by atoms with Crippen LogP contribution in [0.1, 0.15) is 27.3 Å². The summed E-state index contributed by atoms with van der Waals surface area (Å²) in [6, 6.07) is 12.3. The quantitative estimate of drug-likeness (QED) is 0.616. The third-order valence-corrected chi connectivity index (χ3v) is 8.73. The number of aryl methyl sites for hydroxylation is 1. The fraction of sp³-hybridized carbons (Fsp3) is 0.478. The van der Waals surface area contributed by atoms with E-state index in [-0.39, 0.29) is 11.4 Å². The number of carbonyl (C=O) groups excluding carboxylic acids is 1. The summed E-state index contributed by atoms with van der Waals surface area (Å²) in [5.41, 5.74) is 2.23. The predicted molar refractivity (Wildman–Crippen MR) is 127 cm³/mol. The molecule has 1 aromatic carbocycles. The van der Waals surface area contributed by atoms with Crippen LogP contribution in [0.2, 0.25) is 0 Å². The molecule has 0 aliphatic carbocycles. The molecule has 2 aromatic heterocycles. The average Bonchev–Trinajstić information content (AvgIpc) is 3.52. The van der Waals surface area contributed by atoms with Crippen molar-refractivity contribution < 1.29 is 9.53 Å². The normalized spacial score (nSPS) is 22.2. The molecule has 0 unspecified atom stereocenters. The first-order chi connectivity index (χ1) is 15.1. The molecule has 5 rings (SSSR count). The first-order valence-corrected chi connectivity index (χ1v) is 12.8. The number of aromatic nitrogens is 2. The van der Waals surface area contributed by atoms with E-state index in [9.17, 15) is 4.79 Å². The number of amides is 1. The van der Waals surface area contributed by atoms with E-state index >= 15 is 0 Å². The van der Waals surface area contributed by atoms with Crippen molar-refractivity contribution in [1.82, 2.24) is 20.0 Å². The maximum atomic E-state index is 13.1. The Bertz CT molecular complexity index is 1050. The third-order valence-electron chi connectivity index (χ3n) is 6.35. The highest BCUT2D eigenvalue weighted by Crippen LogP contribution is 2.34. The van der Waals surface area contributed by atoms with Crippen molar-refractivity contribution in [3.8, 4) is 0 Å². The Kier molecular flexibility index (Phi) is 6.05. The van der Waals surface area contributed by atoms with E-state index in [1.807, 2.05) is 47.6 Å². The highest BCUT2D eigenvalue weighted by atomic mass is 32.2. The Balaban J connectivity index is 1.32. The number of hydrogen-bond donors (Lipinski definition) is 1. The Morgan fingerprint density at radius 3 is 2.81 bits per heavy atom. The molecule has 2 saturated heterocycles. The summed E-state index contributed by atoms with van der Waals surface area (Å²) in [7, 11) is 0. The first-order valence-electron chi connectivity index (χ1n) is 10.8. The second-order valence-electron chi connectivity index (χ2n) is 8.37. The highest BCUT2D eigenvalue weighted by Gasteiger charge is 2.41. The Morgan fingerprint density at radius 1 is 1.26 bits per heavy atom. The third kappa shape index (κ3) is 4.26. The summed E-state index contributed by atoms with van der Waals surface area (Å²) >= 11 is 3.53. The van der Waals surface area contributed by atoms with Crippen molar-refractivity contribution >= 4 is 39.2 Å². The number of nitrogens with one attached hydrogen (secondary N) is 1. The van der Waals surface area contributed by atoms with Crippen molar-refractivity contribution in [2.75, 3.05) is 44.4 Å². The van der Waals surface area contributed by atoms with Gasteiger partial charge in [0, 0.05) is 36.3 Å². The van der Waals surface area contributed by atoms with Gasteiger partial charge in [0.05, 0.1) is 30.3 Å². The van der Waals surface area contributed by atoms with E-state index < -0.39 is 0 Å². The molecule has 3 aromatic rings. The fourth-order valence-electron chi connectivity index (χ4n) is 4.55. The van der Waals surface area contributed by atoms with E-state index in [4.69, 9.17) is 9.84 Å². The van der Waals surface area contributed by atoms with E-state index in [2.05, 4.69) is 22.3 Å². The summed E-state index contributed by atoms with van der Waals surface area (Å²) in [5.74, 6) is 2.26. The van der Waals surface area contributed by atoms with Gasteiger partial charge < -0.3 is 10.1 Å². The van der Waals surface area contributed by atoms with Crippen LogP contribution in [0.15, 0.2) is 36.4 Å². The monoisotopic (exact) mass is 456 g/mol. The molecule has 0 saturated carbocycles. The molecule has 1 amide bonds. The zero-order valence-corrected chi connectivity index (χ0v) is 19.4. The van der Waals surface area contributed by atoms with Crippen LogP contribution >= 0.6 is 23.1 Å². The number of carbonyl (C=O) groups is 1. The molecule has 8 heteroatoms. The molecule has 0 bridgehead atoms. The van der Waals surface area contributed by atoms with Gasteiger partial charge in [-0.2, -0.15) is 16.9 Å². The van der Waals surface area contributed by atoms with Gasteiger partial charge in [-0.3, -0.25) is 14.4 Å². The second-order valence-corrected chi connectivity index (χ2v) is 10.5. The Labute approximate surface area is 190 Å². The molecule has 31 heavy (non-hydrogen) atoms. The van der Waals surface area contributed by atoms with Crippen molar-refractivity contribution in [2.45, 2.75) is 25.4 Å². The molecule has 2 aliphatic rings. The Hall–Kier alpha value is -1.87. The van der Waals surface area contributed by atoms with E-state index in [1.165, 1.54) is 16.9 Å². The smallest absolute Gasteiger partial charge is 0.261 e. The SMILES string of the molecule is Cc1nn(Cc2ccccc2)c2sc(C(=O)NC[C@]3(N4CCOCC4)CCSC3)cc12. The summed E-state index contributed by atoms with van der Waals surface area (Å²) < 4.78 is 7.56. The minimum Gasteiger partial charge on any atom is -0.379 e. The van der Waals surface area contributed by atoms with E-state index in [0.717, 1.165) is 65.0 Å². The van der Waals surface area contributed by atoms with Gasteiger partial charge in [0.25, 0.3) is 5.91 Å². The minimum atomic E-state index is 0.0244. The van der Waals surface area contributed by atoms with Crippen LogP contribution in [0.25, 0.3) is 10.2 Å². The van der Waals surface area contributed by atoms with Crippen LogP contribution in [0.4, 0.5) is 0 Å². The van der Waals surface area contributed by atoms with Crippen LogP contribution in [0.5, 0.6) is 0 Å². The average molecular weight is 457 g/mol. The van der Waals surface area contributed by atoms with Crippen LogP contribution in [0, 0.1) is 6.92 Å². The number of rotatable bonds is 6. The number of thiophene rings is 1. The summed E-state index contributed by atoms with van der Waals surface area (Å²) in [5, 5.41) is 9.04. The molecule has 1 N–H and O–H groups in total. The predicted octanol–water partition coefficient (Wildman–Crippen LogP) is 3.39. The van der Waals surface area contributed by atoms with Crippen molar-refractivity contribution in [3.05, 3.63) is 52.5 Å². The van der Waals surface area contributed by atoms with Gasteiger partial charge in [-0.05, 0) is 30.7 Å². The van der Waals surface area contributed by atoms with E-state index in [1.54, 1.807) is 0 Å². The van der Waals surface area contributed by atoms with Crippen molar-refractivity contribution in [2.24, 2.45) is 0 Å². The standard InChI is InChI=1S/C23H28N4O2S2/c1-17-19-13-20(31-22(19)27(25-17)14-18-5-3-2-4-6-18)21(28)24-15-23(7-12-30-16-23)26-8-10-29-11-9-26/h2-6,13H,7-12,14-16H2,1H3,(H,24,28)/t23-/m1/s1. The maximum Gasteiger partial charge on any atom is 0.261 e. The molecule has 2 aliphatic heterocycles. The van der Waals surface area contributed by atoms with Crippen molar-refractivity contribution in [3.63, 3.8) is 0 Å². The highest BCUT2D eigenvalue weighted by molar-refractivity contribution is 7.99. The Morgan fingerprint density at radius 2 is 2.06 bits per heavy atom. The number of nitrogens with zero attached hydrogens (tertiary/aromatic N) is 3. The second kappa shape index (κ2) is 8.94. The number of hydrogen-bond acceptors (Lipinski definition) is 6. The molecule has 6 nitrogen and oxygen atoms in total. The lowest BCUT2D eigenvalue weighted by Gasteiger charge is -2.43. The van der Waals surface area contributed by atoms with Crippen LogP contribution < -0.4 is 5.32 Å². The zero-order valence-electron chi connectivity index (χ0n) is 17.8. The molecule has 2 fully saturated rings. The number of morpholine rings is 1. The minimum absolute atomic E-state index is 0.0244. The van der Waals surface area contributed by atoms with Gasteiger partial charge in [-0.15, -0.1) is 11.3 Å². The van der Waals surface area contributed by atoms with Crippen molar-refractivity contribution in [1.29, 1.82) is 0 Å². The first kappa shape index (κ1) is 21.0. The number of benzene rings is 1. The lowest BCUT2D eigenvalue weighted by Crippen LogP contribution is -2.59. The van der Waals surface area contributed by atoms with Crippen LogP contribution in [0.3, 0.4) is 0 Å². The summed E-state index contributed by atoms with van der Waals surface area (Å²) in [6.07, 6.45) is 1.12. The molecular formula is C23H28N4O2S2. The molecular weight excluding hydrogens is 428 g/mol. The molecule has 4 heterocycles. The molecule has 164 valence electrons. The van der Waals surface area contributed by atoms with Gasteiger partial charge in [0.15, 0.2) is 0 Å². The molecule has 1 atom stereocenters. The van der Waals surface area contributed by atoms with Gasteiger partial charge in [-0.1, -0.05) is 30.3 Å². The lowest BCUT2D eigenvalue weighted by molar-refractivity contribution is -0.0129.